The maximum atomic E-state index is 9.36. The normalized spacial score (nSPS) is 23.9. The lowest BCUT2D eigenvalue weighted by Gasteiger charge is -2.27. The topological polar surface area (TPSA) is 36.4 Å². The van der Waals surface area contributed by atoms with Gasteiger partial charge in [-0.05, 0) is 19.4 Å². The third kappa shape index (κ3) is 3.00. The van der Waals surface area contributed by atoms with E-state index >= 15 is 0 Å². The molecule has 1 saturated heterocycles. The monoisotopic (exact) mass is 226 g/mol. The van der Waals surface area contributed by atoms with Crippen LogP contribution < -0.4 is 0 Å². The lowest BCUT2D eigenvalue weighted by molar-refractivity contribution is 0.117. The lowest BCUT2D eigenvalue weighted by atomic mass is 10.1. The van der Waals surface area contributed by atoms with Gasteiger partial charge in [0.15, 0.2) is 0 Å². The zero-order chi connectivity index (χ0) is 10.5. The molecule has 15 heavy (non-hydrogen) atoms. The van der Waals surface area contributed by atoms with Gasteiger partial charge in [-0.3, -0.25) is 4.90 Å². The Kier molecular flexibility index (Phi) is 4.11. The molecule has 1 aliphatic rings. The van der Waals surface area contributed by atoms with E-state index in [1.165, 1.54) is 19.3 Å². The van der Waals surface area contributed by atoms with E-state index in [9.17, 15) is 5.11 Å². The minimum atomic E-state index is 0.282. The van der Waals surface area contributed by atoms with Crippen LogP contribution in [0.3, 0.4) is 0 Å². The minimum Gasteiger partial charge on any atom is -0.395 e. The highest BCUT2D eigenvalue weighted by Gasteiger charge is 2.20. The van der Waals surface area contributed by atoms with Crippen molar-refractivity contribution in [2.45, 2.75) is 38.3 Å². The van der Waals surface area contributed by atoms with Gasteiger partial charge < -0.3 is 5.11 Å². The van der Waals surface area contributed by atoms with Gasteiger partial charge in [0.25, 0.3) is 0 Å². The highest BCUT2D eigenvalue weighted by molar-refractivity contribution is 7.07. The van der Waals surface area contributed by atoms with Gasteiger partial charge >= 0.3 is 0 Å². The van der Waals surface area contributed by atoms with E-state index < -0.39 is 0 Å². The summed E-state index contributed by atoms with van der Waals surface area (Å²) in [5.41, 5.74) is 3.02. The number of aromatic nitrogens is 1. The number of rotatable bonds is 3. The summed E-state index contributed by atoms with van der Waals surface area (Å²) in [6.45, 7) is 2.28. The fourth-order valence-corrected chi connectivity index (χ4v) is 2.72. The van der Waals surface area contributed by atoms with Crippen molar-refractivity contribution in [1.29, 1.82) is 0 Å². The van der Waals surface area contributed by atoms with Gasteiger partial charge in [0.1, 0.15) is 0 Å². The summed E-state index contributed by atoms with van der Waals surface area (Å²) in [4.78, 5) is 6.68. The quantitative estimate of drug-likeness (QED) is 0.855. The Balaban J connectivity index is 1.97. The molecule has 2 heterocycles. The first kappa shape index (κ1) is 11.0. The molecule has 0 aromatic carbocycles. The summed E-state index contributed by atoms with van der Waals surface area (Å²) >= 11 is 1.64. The molecule has 0 spiro atoms. The second-order valence-corrected chi connectivity index (χ2v) is 4.85. The van der Waals surface area contributed by atoms with E-state index in [0.717, 1.165) is 25.2 Å². The van der Waals surface area contributed by atoms with Gasteiger partial charge in [-0.15, -0.1) is 11.3 Å². The Bertz CT molecular complexity index is 276. The minimum absolute atomic E-state index is 0.282. The molecule has 1 aromatic heterocycles. The maximum absolute atomic E-state index is 9.36. The molecule has 3 nitrogen and oxygen atoms in total. The maximum Gasteiger partial charge on any atom is 0.0795 e. The number of hydrogen-bond acceptors (Lipinski definition) is 4. The number of thiazole rings is 1. The largest absolute Gasteiger partial charge is 0.395 e. The van der Waals surface area contributed by atoms with Crippen LogP contribution in [0.5, 0.6) is 0 Å². The first-order valence-corrected chi connectivity index (χ1v) is 6.56. The molecule has 84 valence electrons. The number of nitrogens with zero attached hydrogens (tertiary/aromatic N) is 2. The van der Waals surface area contributed by atoms with Gasteiger partial charge in [-0.2, -0.15) is 0 Å². The Morgan fingerprint density at radius 2 is 2.40 bits per heavy atom. The van der Waals surface area contributed by atoms with Crippen molar-refractivity contribution in [3.63, 3.8) is 0 Å². The van der Waals surface area contributed by atoms with Gasteiger partial charge in [-0.1, -0.05) is 12.8 Å². The van der Waals surface area contributed by atoms with Crippen LogP contribution in [0.4, 0.5) is 0 Å². The summed E-state index contributed by atoms with van der Waals surface area (Å²) in [6, 6.07) is 0.342. The average Bonchev–Trinajstić information content (AvgIpc) is 2.64. The Morgan fingerprint density at radius 1 is 1.47 bits per heavy atom. The molecule has 1 aliphatic heterocycles. The zero-order valence-electron chi connectivity index (χ0n) is 8.93. The van der Waals surface area contributed by atoms with Crippen LogP contribution in [0, 0.1) is 0 Å². The second kappa shape index (κ2) is 5.58. The van der Waals surface area contributed by atoms with E-state index in [2.05, 4.69) is 15.3 Å². The highest BCUT2D eigenvalue weighted by atomic mass is 32.1. The summed E-state index contributed by atoms with van der Waals surface area (Å²) in [5, 5.41) is 11.5. The van der Waals surface area contributed by atoms with Crippen LogP contribution in [0.2, 0.25) is 0 Å². The van der Waals surface area contributed by atoms with Crippen LogP contribution in [-0.4, -0.2) is 34.2 Å². The molecule has 1 atom stereocenters. The van der Waals surface area contributed by atoms with Gasteiger partial charge in [0, 0.05) is 18.0 Å². The second-order valence-electron chi connectivity index (χ2n) is 4.14. The van der Waals surface area contributed by atoms with Crippen molar-refractivity contribution in [3.05, 3.63) is 16.6 Å². The number of hydrogen-bond donors (Lipinski definition) is 1. The van der Waals surface area contributed by atoms with E-state index in [1.807, 2.05) is 5.51 Å². The van der Waals surface area contributed by atoms with Crippen molar-refractivity contribution in [1.82, 2.24) is 9.88 Å². The molecule has 1 aromatic rings. The van der Waals surface area contributed by atoms with E-state index in [0.29, 0.717) is 6.04 Å². The molecular formula is C11H18N2OS. The third-order valence-electron chi connectivity index (χ3n) is 3.06. The van der Waals surface area contributed by atoms with Crippen molar-refractivity contribution >= 4 is 11.3 Å². The van der Waals surface area contributed by atoms with Crippen LogP contribution in [-0.2, 0) is 6.54 Å². The van der Waals surface area contributed by atoms with Gasteiger partial charge in [-0.25, -0.2) is 4.98 Å². The third-order valence-corrected chi connectivity index (χ3v) is 3.69. The fourth-order valence-electron chi connectivity index (χ4n) is 2.18. The Labute approximate surface area is 94.8 Å². The fraction of sp³-hybridized carbons (Fsp3) is 0.727. The Hall–Kier alpha value is -0.450. The standard InChI is InChI=1S/C11H18N2OS/c14-7-11-4-2-1-3-5-13(11)6-10-8-15-9-12-10/h8-9,11,14H,1-7H2. The molecule has 0 saturated carbocycles. The molecule has 1 fully saturated rings. The summed E-state index contributed by atoms with van der Waals surface area (Å²) in [5.74, 6) is 0. The molecule has 1 N–H and O–H groups in total. The molecule has 0 amide bonds. The van der Waals surface area contributed by atoms with Crippen molar-refractivity contribution in [2.75, 3.05) is 13.2 Å². The van der Waals surface area contributed by atoms with Crippen LogP contribution in [0.1, 0.15) is 31.4 Å². The van der Waals surface area contributed by atoms with Crippen LogP contribution in [0.15, 0.2) is 10.9 Å². The molecular weight excluding hydrogens is 208 g/mol. The average molecular weight is 226 g/mol. The van der Waals surface area contributed by atoms with E-state index in [4.69, 9.17) is 0 Å². The SMILES string of the molecule is OCC1CCCCCN1Cc1cscn1. The van der Waals surface area contributed by atoms with Crippen molar-refractivity contribution < 1.29 is 5.11 Å². The van der Waals surface area contributed by atoms with Crippen molar-refractivity contribution in [2.24, 2.45) is 0 Å². The first-order chi connectivity index (χ1) is 7.40. The smallest absolute Gasteiger partial charge is 0.0795 e. The number of likely N-dealkylation sites (tertiary alicyclic amines) is 1. The summed E-state index contributed by atoms with van der Waals surface area (Å²) in [7, 11) is 0. The molecule has 0 aliphatic carbocycles. The molecule has 0 bridgehead atoms. The summed E-state index contributed by atoms with van der Waals surface area (Å²) < 4.78 is 0. The highest BCUT2D eigenvalue weighted by Crippen LogP contribution is 2.18. The number of aliphatic hydroxyl groups excluding tert-OH is 1. The summed E-state index contributed by atoms with van der Waals surface area (Å²) in [6.07, 6.45) is 4.92. The first-order valence-electron chi connectivity index (χ1n) is 5.62. The van der Waals surface area contributed by atoms with E-state index in [-0.39, 0.29) is 6.61 Å². The predicted molar refractivity (Wildman–Crippen MR) is 61.9 cm³/mol. The van der Waals surface area contributed by atoms with E-state index in [1.54, 1.807) is 11.3 Å². The van der Waals surface area contributed by atoms with Crippen LogP contribution in [0.25, 0.3) is 0 Å². The predicted octanol–water partition coefficient (Wildman–Crippen LogP) is 1.88. The van der Waals surface area contributed by atoms with Crippen molar-refractivity contribution in [3.8, 4) is 0 Å². The molecule has 2 rings (SSSR count). The van der Waals surface area contributed by atoms with Gasteiger partial charge in [0.2, 0.25) is 0 Å². The Morgan fingerprint density at radius 3 is 3.13 bits per heavy atom. The molecule has 4 heteroatoms. The number of aliphatic hydroxyl groups is 1. The van der Waals surface area contributed by atoms with Crippen LogP contribution >= 0.6 is 11.3 Å². The zero-order valence-corrected chi connectivity index (χ0v) is 9.75. The lowest BCUT2D eigenvalue weighted by Crippen LogP contribution is -2.36. The van der Waals surface area contributed by atoms with Gasteiger partial charge in [0.05, 0.1) is 17.8 Å². The molecule has 1 unspecified atom stereocenters. The molecule has 0 radical (unpaired) electrons.